The lowest BCUT2D eigenvalue weighted by Gasteiger charge is -2.10. The molecule has 0 radical (unpaired) electrons. The highest BCUT2D eigenvalue weighted by Gasteiger charge is 2.23. The van der Waals surface area contributed by atoms with Crippen LogP contribution in [0.25, 0.3) is 11.1 Å². The summed E-state index contributed by atoms with van der Waals surface area (Å²) < 4.78 is 2.08. The van der Waals surface area contributed by atoms with Crippen LogP contribution < -0.4 is 0 Å². The van der Waals surface area contributed by atoms with E-state index in [1.54, 1.807) is 0 Å². The van der Waals surface area contributed by atoms with Crippen LogP contribution in [-0.4, -0.2) is 15.5 Å². The van der Waals surface area contributed by atoms with E-state index in [-0.39, 0.29) is 0 Å². The molecule has 3 aromatic rings. The van der Waals surface area contributed by atoms with Gasteiger partial charge in [0.1, 0.15) is 0 Å². The maximum atomic E-state index is 4.54. The lowest BCUT2D eigenvalue weighted by molar-refractivity contribution is 0.549. The largest absolute Gasteiger partial charge is 0.271 e. The molecule has 104 valence electrons. The lowest BCUT2D eigenvalue weighted by Crippen LogP contribution is -2.08. The second kappa shape index (κ2) is 5.41. The molecule has 1 aliphatic rings. The number of hydrogen-bond acceptors (Lipinski definition) is 2. The van der Waals surface area contributed by atoms with Gasteiger partial charge in [-0.05, 0) is 17.2 Å². The highest BCUT2D eigenvalue weighted by molar-refractivity contribution is 7.99. The predicted molar refractivity (Wildman–Crippen MR) is 87.6 cm³/mol. The van der Waals surface area contributed by atoms with E-state index < -0.39 is 0 Å². The van der Waals surface area contributed by atoms with Crippen molar-refractivity contribution in [1.29, 1.82) is 0 Å². The number of aromatic nitrogens is 2. The zero-order valence-corrected chi connectivity index (χ0v) is 12.5. The molecule has 2 nitrogen and oxygen atoms in total. The molecule has 0 amide bonds. The molecule has 21 heavy (non-hydrogen) atoms. The van der Waals surface area contributed by atoms with Gasteiger partial charge in [-0.15, -0.1) is 11.8 Å². The second-order valence-electron chi connectivity index (χ2n) is 5.36. The third-order valence-corrected chi connectivity index (χ3v) is 5.20. The third-order valence-electron chi connectivity index (χ3n) is 3.95. The molecular formula is C18H16N2S. The first kappa shape index (κ1) is 12.7. The summed E-state index contributed by atoms with van der Waals surface area (Å²) in [4.78, 5) is 1.43. The molecule has 0 N–H and O–H groups in total. The smallest absolute Gasteiger partial charge is 0.0568 e. The van der Waals surface area contributed by atoms with Crippen LogP contribution >= 0.6 is 11.8 Å². The highest BCUT2D eigenvalue weighted by Crippen LogP contribution is 2.40. The van der Waals surface area contributed by atoms with Gasteiger partial charge in [0.15, 0.2) is 0 Å². The summed E-state index contributed by atoms with van der Waals surface area (Å²) in [6.07, 6.45) is 4.12. The fourth-order valence-corrected chi connectivity index (χ4v) is 4.09. The Labute approximate surface area is 128 Å². The Kier molecular flexibility index (Phi) is 3.28. The van der Waals surface area contributed by atoms with E-state index >= 15 is 0 Å². The SMILES string of the molecule is c1ccc(-c2cnn(CC3CSc4ccccc43)c2)cc1. The fraction of sp³-hybridized carbons (Fsp3) is 0.167. The minimum Gasteiger partial charge on any atom is -0.271 e. The zero-order valence-electron chi connectivity index (χ0n) is 11.6. The molecule has 0 fully saturated rings. The average molecular weight is 292 g/mol. The molecule has 0 bridgehead atoms. The van der Waals surface area contributed by atoms with Crippen molar-refractivity contribution in [1.82, 2.24) is 9.78 Å². The van der Waals surface area contributed by atoms with Crippen LogP contribution in [0.15, 0.2) is 71.9 Å². The zero-order chi connectivity index (χ0) is 14.1. The molecule has 4 rings (SSSR count). The van der Waals surface area contributed by atoms with Crippen molar-refractivity contribution in [3.63, 3.8) is 0 Å². The van der Waals surface area contributed by atoms with Crippen molar-refractivity contribution < 1.29 is 0 Å². The molecule has 2 aromatic carbocycles. The van der Waals surface area contributed by atoms with Crippen LogP contribution in [0, 0.1) is 0 Å². The van der Waals surface area contributed by atoms with Gasteiger partial charge in [-0.25, -0.2) is 0 Å². The summed E-state index contributed by atoms with van der Waals surface area (Å²) in [5, 5.41) is 4.54. The Hall–Kier alpha value is -2.00. The van der Waals surface area contributed by atoms with Crippen LogP contribution in [0.3, 0.4) is 0 Å². The van der Waals surface area contributed by atoms with E-state index in [1.165, 1.54) is 21.6 Å². The highest BCUT2D eigenvalue weighted by atomic mass is 32.2. The molecule has 1 aliphatic heterocycles. The molecule has 3 heteroatoms. The van der Waals surface area contributed by atoms with E-state index in [4.69, 9.17) is 0 Å². The van der Waals surface area contributed by atoms with Crippen molar-refractivity contribution >= 4 is 11.8 Å². The molecule has 0 spiro atoms. The van der Waals surface area contributed by atoms with Gasteiger partial charge in [0.2, 0.25) is 0 Å². The summed E-state index contributed by atoms with van der Waals surface area (Å²) in [5.74, 6) is 1.72. The molecule has 2 heterocycles. The lowest BCUT2D eigenvalue weighted by atomic mass is 10.0. The fourth-order valence-electron chi connectivity index (χ4n) is 2.85. The maximum absolute atomic E-state index is 4.54. The van der Waals surface area contributed by atoms with Gasteiger partial charge < -0.3 is 0 Å². The van der Waals surface area contributed by atoms with E-state index in [0.717, 1.165) is 12.3 Å². The van der Waals surface area contributed by atoms with Crippen LogP contribution in [0.5, 0.6) is 0 Å². The normalized spacial score (nSPS) is 16.9. The van der Waals surface area contributed by atoms with E-state index in [0.29, 0.717) is 5.92 Å². The standard InChI is InChI=1S/C18H16N2S/c1-2-6-14(7-3-1)15-10-19-20(11-15)12-16-13-21-18-9-5-4-8-17(16)18/h1-11,16H,12-13H2. The van der Waals surface area contributed by atoms with Crippen molar-refractivity contribution in [2.45, 2.75) is 17.4 Å². The van der Waals surface area contributed by atoms with Gasteiger partial charge in [0.05, 0.1) is 6.20 Å². The van der Waals surface area contributed by atoms with Crippen molar-refractivity contribution in [3.8, 4) is 11.1 Å². The van der Waals surface area contributed by atoms with Gasteiger partial charge in [-0.2, -0.15) is 5.10 Å². The topological polar surface area (TPSA) is 17.8 Å². The van der Waals surface area contributed by atoms with Crippen LogP contribution in [0.2, 0.25) is 0 Å². The summed E-state index contributed by atoms with van der Waals surface area (Å²) in [5.41, 5.74) is 3.89. The Morgan fingerprint density at radius 3 is 2.71 bits per heavy atom. The first-order chi connectivity index (χ1) is 10.4. The van der Waals surface area contributed by atoms with Crippen LogP contribution in [0.4, 0.5) is 0 Å². The Balaban J connectivity index is 1.56. The van der Waals surface area contributed by atoms with Gasteiger partial charge in [-0.1, -0.05) is 48.5 Å². The molecule has 0 saturated heterocycles. The van der Waals surface area contributed by atoms with E-state index in [1.807, 2.05) is 24.0 Å². The Morgan fingerprint density at radius 2 is 1.81 bits per heavy atom. The number of thioether (sulfide) groups is 1. The van der Waals surface area contributed by atoms with E-state index in [2.05, 4.69) is 64.5 Å². The first-order valence-corrected chi connectivity index (χ1v) is 8.18. The van der Waals surface area contributed by atoms with E-state index in [9.17, 15) is 0 Å². The van der Waals surface area contributed by atoms with Crippen molar-refractivity contribution in [3.05, 3.63) is 72.6 Å². The average Bonchev–Trinajstić information content (AvgIpc) is 3.17. The summed E-state index contributed by atoms with van der Waals surface area (Å²) in [6.45, 7) is 0.955. The number of nitrogens with zero attached hydrogens (tertiary/aromatic N) is 2. The molecule has 1 unspecified atom stereocenters. The van der Waals surface area contributed by atoms with Gasteiger partial charge in [-0.3, -0.25) is 4.68 Å². The monoisotopic (exact) mass is 292 g/mol. The molecular weight excluding hydrogens is 276 g/mol. The maximum Gasteiger partial charge on any atom is 0.0568 e. The van der Waals surface area contributed by atoms with Crippen molar-refractivity contribution in [2.75, 3.05) is 5.75 Å². The Morgan fingerprint density at radius 1 is 1.00 bits per heavy atom. The molecule has 1 aromatic heterocycles. The molecule has 0 saturated carbocycles. The van der Waals surface area contributed by atoms with Gasteiger partial charge in [0, 0.05) is 34.9 Å². The quantitative estimate of drug-likeness (QED) is 0.710. The third kappa shape index (κ3) is 2.49. The number of benzene rings is 2. The molecule has 1 atom stereocenters. The van der Waals surface area contributed by atoms with Gasteiger partial charge >= 0.3 is 0 Å². The van der Waals surface area contributed by atoms with Crippen LogP contribution in [0.1, 0.15) is 11.5 Å². The minimum absolute atomic E-state index is 0.565. The van der Waals surface area contributed by atoms with Crippen molar-refractivity contribution in [2.24, 2.45) is 0 Å². The number of hydrogen-bond donors (Lipinski definition) is 0. The van der Waals surface area contributed by atoms with Gasteiger partial charge in [0.25, 0.3) is 0 Å². The predicted octanol–water partition coefficient (Wildman–Crippen LogP) is 4.44. The minimum atomic E-state index is 0.565. The summed E-state index contributed by atoms with van der Waals surface area (Å²) in [6, 6.07) is 19.2. The first-order valence-electron chi connectivity index (χ1n) is 7.20. The summed E-state index contributed by atoms with van der Waals surface area (Å²) >= 11 is 1.96. The number of fused-ring (bicyclic) bond motifs is 1. The summed E-state index contributed by atoms with van der Waals surface area (Å²) in [7, 11) is 0. The Bertz CT molecular complexity index is 749. The molecule has 0 aliphatic carbocycles. The van der Waals surface area contributed by atoms with Crippen LogP contribution in [-0.2, 0) is 6.54 Å². The second-order valence-corrected chi connectivity index (χ2v) is 6.42. The number of rotatable bonds is 3.